The van der Waals surface area contributed by atoms with Crippen molar-refractivity contribution in [1.82, 2.24) is 25.1 Å². The molecule has 0 spiro atoms. The largest absolute Gasteiger partial charge is 0.465 e. The van der Waals surface area contributed by atoms with Crippen LogP contribution in [-0.2, 0) is 6.54 Å². The number of amides is 1. The van der Waals surface area contributed by atoms with Gasteiger partial charge in [0.1, 0.15) is 5.15 Å². The van der Waals surface area contributed by atoms with Crippen LogP contribution in [0.3, 0.4) is 0 Å². The number of carboxylic acid groups (broad SMARTS) is 1. The van der Waals surface area contributed by atoms with E-state index >= 15 is 0 Å². The van der Waals surface area contributed by atoms with Gasteiger partial charge in [0.25, 0.3) is 0 Å². The van der Waals surface area contributed by atoms with Crippen molar-refractivity contribution in [3.8, 4) is 5.82 Å². The first-order valence-corrected chi connectivity index (χ1v) is 6.43. The molecule has 0 radical (unpaired) electrons. The lowest BCUT2D eigenvalue weighted by atomic mass is 10.3. The lowest BCUT2D eigenvalue weighted by Crippen LogP contribution is -2.20. The Kier molecular flexibility index (Phi) is 3.41. The minimum Gasteiger partial charge on any atom is -0.465 e. The Labute approximate surface area is 124 Å². The van der Waals surface area contributed by atoms with Crippen molar-refractivity contribution in [1.29, 1.82) is 0 Å². The average Bonchev–Trinajstić information content (AvgIpc) is 2.88. The highest BCUT2D eigenvalue weighted by Gasteiger charge is 2.06. The smallest absolute Gasteiger partial charge is 0.404 e. The molecule has 0 aliphatic rings. The first-order chi connectivity index (χ1) is 10.1. The summed E-state index contributed by atoms with van der Waals surface area (Å²) in [6.07, 6.45) is 2.34. The molecule has 0 aliphatic carbocycles. The van der Waals surface area contributed by atoms with E-state index in [0.29, 0.717) is 22.2 Å². The molecule has 0 aromatic carbocycles. The number of nitrogens with one attached hydrogen (secondary N) is 1. The van der Waals surface area contributed by atoms with Crippen LogP contribution < -0.4 is 5.32 Å². The zero-order chi connectivity index (χ0) is 14.8. The second kappa shape index (κ2) is 5.37. The summed E-state index contributed by atoms with van der Waals surface area (Å²) in [7, 11) is 0. The Morgan fingerprint density at radius 3 is 3.05 bits per heavy atom. The van der Waals surface area contributed by atoms with E-state index in [1.807, 2.05) is 0 Å². The Bertz CT molecular complexity index is 817. The number of hydrogen-bond acceptors (Lipinski definition) is 4. The van der Waals surface area contributed by atoms with Crippen LogP contribution in [0.1, 0.15) is 5.69 Å². The molecule has 3 rings (SSSR count). The van der Waals surface area contributed by atoms with Gasteiger partial charge in [-0.15, -0.1) is 0 Å². The number of aromatic nitrogens is 4. The van der Waals surface area contributed by atoms with E-state index in [1.165, 1.54) is 0 Å². The number of rotatable bonds is 3. The molecule has 21 heavy (non-hydrogen) atoms. The summed E-state index contributed by atoms with van der Waals surface area (Å²) in [4.78, 5) is 18.8. The van der Waals surface area contributed by atoms with Gasteiger partial charge in [-0.3, -0.25) is 4.98 Å². The minimum atomic E-state index is -1.09. The van der Waals surface area contributed by atoms with E-state index in [1.54, 1.807) is 41.3 Å². The SMILES string of the molecule is O=C(O)NCc1cc2nn(-c3cccc(Cl)n3)cc2cn1. The molecule has 2 N–H and O–H groups in total. The van der Waals surface area contributed by atoms with Gasteiger partial charge in [-0.25, -0.2) is 14.5 Å². The van der Waals surface area contributed by atoms with Crippen LogP contribution in [0.2, 0.25) is 5.15 Å². The zero-order valence-electron chi connectivity index (χ0n) is 10.7. The molecule has 7 nitrogen and oxygen atoms in total. The first kappa shape index (κ1) is 13.3. The number of hydrogen-bond donors (Lipinski definition) is 2. The molecular weight excluding hydrogens is 294 g/mol. The van der Waals surface area contributed by atoms with Crippen molar-refractivity contribution in [3.05, 3.63) is 47.5 Å². The van der Waals surface area contributed by atoms with Gasteiger partial charge in [0, 0.05) is 17.8 Å². The predicted octanol–water partition coefficient (Wildman–Crippen LogP) is 2.24. The van der Waals surface area contributed by atoms with Gasteiger partial charge in [-0.2, -0.15) is 5.10 Å². The molecule has 106 valence electrons. The van der Waals surface area contributed by atoms with Crippen molar-refractivity contribution >= 4 is 28.6 Å². The summed E-state index contributed by atoms with van der Waals surface area (Å²) >= 11 is 5.86. The highest BCUT2D eigenvalue weighted by atomic mass is 35.5. The summed E-state index contributed by atoms with van der Waals surface area (Å²) < 4.78 is 1.60. The van der Waals surface area contributed by atoms with Crippen LogP contribution in [0.15, 0.2) is 36.7 Å². The van der Waals surface area contributed by atoms with Crippen LogP contribution in [0.5, 0.6) is 0 Å². The second-order valence-electron chi connectivity index (χ2n) is 4.29. The Hall–Kier alpha value is -2.67. The maximum Gasteiger partial charge on any atom is 0.404 e. The fourth-order valence-corrected chi connectivity index (χ4v) is 2.02. The molecule has 0 aliphatic heterocycles. The molecule has 0 atom stereocenters. The number of halogens is 1. The highest BCUT2D eigenvalue weighted by Crippen LogP contribution is 2.16. The van der Waals surface area contributed by atoms with Gasteiger partial charge in [0.2, 0.25) is 0 Å². The fourth-order valence-electron chi connectivity index (χ4n) is 1.87. The third kappa shape index (κ3) is 2.92. The summed E-state index contributed by atoms with van der Waals surface area (Å²) in [5.41, 5.74) is 1.29. The van der Waals surface area contributed by atoms with E-state index in [4.69, 9.17) is 16.7 Å². The van der Waals surface area contributed by atoms with Crippen molar-refractivity contribution in [2.24, 2.45) is 0 Å². The first-order valence-electron chi connectivity index (χ1n) is 6.06. The van der Waals surface area contributed by atoms with E-state index in [-0.39, 0.29) is 6.54 Å². The Balaban J connectivity index is 1.94. The molecule has 8 heteroatoms. The summed E-state index contributed by atoms with van der Waals surface area (Å²) in [6, 6.07) is 6.99. The van der Waals surface area contributed by atoms with E-state index in [0.717, 1.165) is 5.39 Å². The highest BCUT2D eigenvalue weighted by molar-refractivity contribution is 6.29. The van der Waals surface area contributed by atoms with Crippen molar-refractivity contribution in [3.63, 3.8) is 0 Å². The van der Waals surface area contributed by atoms with Gasteiger partial charge >= 0.3 is 6.09 Å². The Morgan fingerprint density at radius 1 is 1.43 bits per heavy atom. The van der Waals surface area contributed by atoms with E-state index < -0.39 is 6.09 Å². The molecule has 0 bridgehead atoms. The van der Waals surface area contributed by atoms with Crippen molar-refractivity contribution in [2.75, 3.05) is 0 Å². The molecule has 0 saturated carbocycles. The molecule has 0 fully saturated rings. The van der Waals surface area contributed by atoms with Crippen LogP contribution in [0.4, 0.5) is 4.79 Å². The van der Waals surface area contributed by atoms with Gasteiger partial charge in [0.05, 0.1) is 17.8 Å². The summed E-state index contributed by atoms with van der Waals surface area (Å²) in [5.74, 6) is 0.601. The van der Waals surface area contributed by atoms with Gasteiger partial charge in [-0.05, 0) is 18.2 Å². The maximum atomic E-state index is 10.5. The zero-order valence-corrected chi connectivity index (χ0v) is 11.4. The fraction of sp³-hybridized carbons (Fsp3) is 0.0769. The second-order valence-corrected chi connectivity index (χ2v) is 4.67. The molecule has 0 saturated heterocycles. The molecule has 3 aromatic heterocycles. The third-order valence-corrected chi connectivity index (χ3v) is 3.01. The standard InChI is InChI=1S/C13H10ClN5O2/c14-11-2-1-3-12(17-11)19-7-8-5-15-9(4-10(8)18-19)6-16-13(20)21/h1-5,7,16H,6H2,(H,20,21). The maximum absolute atomic E-state index is 10.5. The van der Waals surface area contributed by atoms with Crippen LogP contribution in [0, 0.1) is 0 Å². The van der Waals surface area contributed by atoms with Crippen molar-refractivity contribution in [2.45, 2.75) is 6.54 Å². The average molecular weight is 304 g/mol. The monoisotopic (exact) mass is 303 g/mol. The quantitative estimate of drug-likeness (QED) is 0.724. The lowest BCUT2D eigenvalue weighted by Gasteiger charge is -1.99. The number of carbonyl (C=O) groups is 1. The lowest BCUT2D eigenvalue weighted by molar-refractivity contribution is 0.194. The Morgan fingerprint density at radius 2 is 2.29 bits per heavy atom. The molecule has 1 amide bonds. The van der Waals surface area contributed by atoms with Gasteiger partial charge in [-0.1, -0.05) is 17.7 Å². The van der Waals surface area contributed by atoms with Crippen molar-refractivity contribution < 1.29 is 9.90 Å². The minimum absolute atomic E-state index is 0.132. The van der Waals surface area contributed by atoms with E-state index in [2.05, 4.69) is 20.4 Å². The molecular formula is C13H10ClN5O2. The predicted molar refractivity (Wildman–Crippen MR) is 76.5 cm³/mol. The number of nitrogens with zero attached hydrogens (tertiary/aromatic N) is 4. The third-order valence-electron chi connectivity index (χ3n) is 2.80. The van der Waals surface area contributed by atoms with Gasteiger partial charge in [0.15, 0.2) is 5.82 Å². The number of fused-ring (bicyclic) bond motifs is 1. The molecule has 3 aromatic rings. The van der Waals surface area contributed by atoms with Gasteiger partial charge < -0.3 is 10.4 Å². The number of pyridine rings is 2. The van der Waals surface area contributed by atoms with E-state index in [9.17, 15) is 4.79 Å². The molecule has 3 heterocycles. The summed E-state index contributed by atoms with van der Waals surface area (Å²) in [5, 5.41) is 16.5. The van der Waals surface area contributed by atoms with Crippen LogP contribution in [-0.4, -0.2) is 30.9 Å². The normalized spacial score (nSPS) is 10.7. The van der Waals surface area contributed by atoms with Crippen LogP contribution >= 0.6 is 11.6 Å². The summed E-state index contributed by atoms with van der Waals surface area (Å²) in [6.45, 7) is 0.132. The molecule has 0 unspecified atom stereocenters. The van der Waals surface area contributed by atoms with Crippen LogP contribution in [0.25, 0.3) is 16.7 Å². The topological polar surface area (TPSA) is 92.9 Å².